The van der Waals surface area contributed by atoms with E-state index in [2.05, 4.69) is 24.5 Å². The SMILES string of the molecule is CC1(C)CCCC1NC(=O)NCC1(O)CCCC1. The molecule has 0 aromatic rings. The topological polar surface area (TPSA) is 61.4 Å². The number of hydrogen-bond donors (Lipinski definition) is 3. The lowest BCUT2D eigenvalue weighted by molar-refractivity contribution is 0.0498. The fourth-order valence-electron chi connectivity index (χ4n) is 3.26. The molecule has 2 saturated carbocycles. The molecule has 1 unspecified atom stereocenters. The molecule has 2 fully saturated rings. The number of carbonyl (C=O) groups excluding carboxylic acids is 1. The van der Waals surface area contributed by atoms with Crippen molar-refractivity contribution in [2.45, 2.75) is 70.4 Å². The van der Waals surface area contributed by atoms with Gasteiger partial charge < -0.3 is 15.7 Å². The van der Waals surface area contributed by atoms with Crippen molar-refractivity contribution in [3.63, 3.8) is 0 Å². The summed E-state index contributed by atoms with van der Waals surface area (Å²) in [5, 5.41) is 16.0. The van der Waals surface area contributed by atoms with Crippen molar-refractivity contribution in [1.82, 2.24) is 10.6 Å². The molecular weight excluding hydrogens is 228 g/mol. The molecular formula is C14H26N2O2. The van der Waals surface area contributed by atoms with Crippen molar-refractivity contribution in [3.8, 4) is 0 Å². The molecule has 2 aliphatic carbocycles. The zero-order valence-electron chi connectivity index (χ0n) is 11.6. The van der Waals surface area contributed by atoms with Gasteiger partial charge in [0.05, 0.1) is 5.60 Å². The molecule has 2 aliphatic rings. The van der Waals surface area contributed by atoms with Crippen molar-refractivity contribution >= 4 is 6.03 Å². The van der Waals surface area contributed by atoms with E-state index in [4.69, 9.17) is 0 Å². The number of amides is 2. The average Bonchev–Trinajstić information content (AvgIpc) is 2.85. The summed E-state index contributed by atoms with van der Waals surface area (Å²) in [5.41, 5.74) is -0.468. The molecule has 0 saturated heterocycles. The molecule has 0 radical (unpaired) electrons. The van der Waals surface area contributed by atoms with Crippen LogP contribution in [0.15, 0.2) is 0 Å². The molecule has 104 valence electrons. The van der Waals surface area contributed by atoms with Gasteiger partial charge in [-0.25, -0.2) is 4.79 Å². The van der Waals surface area contributed by atoms with Crippen LogP contribution in [-0.2, 0) is 0 Å². The molecule has 4 nitrogen and oxygen atoms in total. The van der Waals surface area contributed by atoms with Crippen LogP contribution in [0.25, 0.3) is 0 Å². The van der Waals surface area contributed by atoms with E-state index in [1.165, 1.54) is 12.8 Å². The zero-order chi connectivity index (χ0) is 13.2. The molecule has 1 atom stereocenters. The fraction of sp³-hybridized carbons (Fsp3) is 0.929. The Morgan fingerprint density at radius 1 is 1.22 bits per heavy atom. The van der Waals surface area contributed by atoms with E-state index >= 15 is 0 Å². The fourth-order valence-corrected chi connectivity index (χ4v) is 3.26. The van der Waals surface area contributed by atoms with Crippen molar-refractivity contribution in [2.24, 2.45) is 5.41 Å². The van der Waals surface area contributed by atoms with Crippen molar-refractivity contribution in [1.29, 1.82) is 0 Å². The lowest BCUT2D eigenvalue weighted by Crippen LogP contribution is -2.50. The number of nitrogens with one attached hydrogen (secondary N) is 2. The summed E-state index contributed by atoms with van der Waals surface area (Å²) in [6.07, 6.45) is 7.16. The largest absolute Gasteiger partial charge is 0.388 e. The Morgan fingerprint density at radius 3 is 2.44 bits per heavy atom. The van der Waals surface area contributed by atoms with Gasteiger partial charge in [0.25, 0.3) is 0 Å². The van der Waals surface area contributed by atoms with E-state index in [9.17, 15) is 9.90 Å². The standard InChI is InChI=1S/C14H26N2O2/c1-13(2)7-5-6-11(13)16-12(17)15-10-14(18)8-3-4-9-14/h11,18H,3-10H2,1-2H3,(H2,15,16,17). The lowest BCUT2D eigenvalue weighted by atomic mass is 9.87. The summed E-state index contributed by atoms with van der Waals surface area (Å²) < 4.78 is 0. The van der Waals surface area contributed by atoms with Crippen molar-refractivity contribution in [3.05, 3.63) is 0 Å². The number of urea groups is 1. The van der Waals surface area contributed by atoms with Gasteiger partial charge in [-0.1, -0.05) is 33.1 Å². The number of aliphatic hydroxyl groups is 1. The summed E-state index contributed by atoms with van der Waals surface area (Å²) >= 11 is 0. The normalized spacial score (nSPS) is 29.2. The van der Waals surface area contributed by atoms with Gasteiger partial charge in [-0.15, -0.1) is 0 Å². The van der Waals surface area contributed by atoms with E-state index < -0.39 is 5.60 Å². The Bertz CT molecular complexity index is 309. The molecule has 0 aromatic heterocycles. The van der Waals surface area contributed by atoms with Gasteiger partial charge in [0.15, 0.2) is 0 Å². The molecule has 4 heteroatoms. The number of hydrogen-bond acceptors (Lipinski definition) is 2. The van der Waals surface area contributed by atoms with Crippen molar-refractivity contribution in [2.75, 3.05) is 6.54 Å². The number of rotatable bonds is 3. The Hall–Kier alpha value is -0.770. The first-order valence-corrected chi connectivity index (χ1v) is 7.18. The maximum atomic E-state index is 11.9. The van der Waals surface area contributed by atoms with Crippen LogP contribution in [0.2, 0.25) is 0 Å². The van der Waals surface area contributed by atoms with E-state index in [1.807, 2.05) is 0 Å². The Balaban J connectivity index is 1.75. The predicted molar refractivity (Wildman–Crippen MR) is 71.4 cm³/mol. The smallest absolute Gasteiger partial charge is 0.315 e. The second kappa shape index (κ2) is 5.08. The van der Waals surface area contributed by atoms with Crippen LogP contribution in [0.5, 0.6) is 0 Å². The highest BCUT2D eigenvalue weighted by Crippen LogP contribution is 2.37. The predicted octanol–water partition coefficient (Wildman–Crippen LogP) is 2.17. The Kier molecular flexibility index (Phi) is 3.85. The molecule has 0 spiro atoms. The third kappa shape index (κ3) is 3.16. The lowest BCUT2D eigenvalue weighted by Gasteiger charge is -2.29. The van der Waals surface area contributed by atoms with Crippen LogP contribution in [0.4, 0.5) is 4.79 Å². The molecule has 0 heterocycles. The first kappa shape index (κ1) is 13.7. The minimum Gasteiger partial charge on any atom is -0.388 e. The van der Waals surface area contributed by atoms with Gasteiger partial charge >= 0.3 is 6.03 Å². The quantitative estimate of drug-likeness (QED) is 0.723. The number of carbonyl (C=O) groups is 1. The highest BCUT2D eigenvalue weighted by Gasteiger charge is 2.36. The van der Waals surface area contributed by atoms with Gasteiger partial charge in [0, 0.05) is 12.6 Å². The van der Waals surface area contributed by atoms with E-state index in [-0.39, 0.29) is 17.5 Å². The minimum absolute atomic E-state index is 0.129. The molecule has 0 aliphatic heterocycles. The summed E-state index contributed by atoms with van der Waals surface area (Å²) in [7, 11) is 0. The Morgan fingerprint density at radius 2 is 1.89 bits per heavy atom. The van der Waals surface area contributed by atoms with Gasteiger partial charge in [0.1, 0.15) is 0 Å². The van der Waals surface area contributed by atoms with Gasteiger partial charge in [0.2, 0.25) is 0 Å². The van der Waals surface area contributed by atoms with Crippen molar-refractivity contribution < 1.29 is 9.90 Å². The van der Waals surface area contributed by atoms with Crippen LogP contribution < -0.4 is 10.6 Å². The summed E-state index contributed by atoms with van der Waals surface area (Å²) in [5.74, 6) is 0. The van der Waals surface area contributed by atoms with Gasteiger partial charge in [-0.05, 0) is 31.1 Å². The summed E-state index contributed by atoms with van der Waals surface area (Å²) in [4.78, 5) is 11.9. The highest BCUT2D eigenvalue weighted by molar-refractivity contribution is 5.74. The monoisotopic (exact) mass is 254 g/mol. The highest BCUT2D eigenvalue weighted by atomic mass is 16.3. The minimum atomic E-state index is -0.664. The maximum absolute atomic E-state index is 11.9. The third-order valence-electron chi connectivity index (χ3n) is 4.67. The molecule has 0 aromatic carbocycles. The maximum Gasteiger partial charge on any atom is 0.315 e. The molecule has 18 heavy (non-hydrogen) atoms. The molecule has 0 bridgehead atoms. The first-order chi connectivity index (χ1) is 8.41. The van der Waals surface area contributed by atoms with E-state index in [0.717, 1.165) is 32.1 Å². The van der Waals surface area contributed by atoms with Gasteiger partial charge in [-0.2, -0.15) is 0 Å². The second-order valence-electron chi connectivity index (χ2n) is 6.69. The van der Waals surface area contributed by atoms with Crippen LogP contribution in [0.1, 0.15) is 58.8 Å². The summed E-state index contributed by atoms with van der Waals surface area (Å²) in [6, 6.07) is 0.131. The zero-order valence-corrected chi connectivity index (χ0v) is 11.6. The third-order valence-corrected chi connectivity index (χ3v) is 4.67. The molecule has 2 amide bonds. The van der Waals surface area contributed by atoms with E-state index in [1.54, 1.807) is 0 Å². The molecule has 3 N–H and O–H groups in total. The first-order valence-electron chi connectivity index (χ1n) is 7.18. The summed E-state index contributed by atoms with van der Waals surface area (Å²) in [6.45, 7) is 4.79. The van der Waals surface area contributed by atoms with Gasteiger partial charge in [-0.3, -0.25) is 0 Å². The average molecular weight is 254 g/mol. The van der Waals surface area contributed by atoms with Crippen LogP contribution in [-0.4, -0.2) is 29.3 Å². The van der Waals surface area contributed by atoms with Crippen LogP contribution in [0, 0.1) is 5.41 Å². The second-order valence-corrected chi connectivity index (χ2v) is 6.69. The van der Waals surface area contributed by atoms with Crippen LogP contribution >= 0.6 is 0 Å². The van der Waals surface area contributed by atoms with Crippen LogP contribution in [0.3, 0.4) is 0 Å². The van der Waals surface area contributed by atoms with E-state index in [0.29, 0.717) is 6.54 Å². The Labute approximate surface area is 110 Å². The molecule has 2 rings (SSSR count).